The second kappa shape index (κ2) is 4.43. The molecule has 0 aliphatic carbocycles. The van der Waals surface area contributed by atoms with Crippen LogP contribution in [0, 0.1) is 10.7 Å². The van der Waals surface area contributed by atoms with Gasteiger partial charge < -0.3 is 0 Å². The van der Waals surface area contributed by atoms with Crippen molar-refractivity contribution in [1.29, 1.82) is 0 Å². The van der Waals surface area contributed by atoms with Gasteiger partial charge in [-0.2, -0.15) is 4.91 Å². The molecule has 0 aliphatic heterocycles. The largest absolute Gasteiger partial charge is 0.207 e. The number of benzene rings is 1. The van der Waals surface area contributed by atoms with E-state index in [0.29, 0.717) is 5.56 Å². The molecule has 0 amide bonds. The van der Waals surface area contributed by atoms with E-state index in [1.54, 1.807) is 6.07 Å². The van der Waals surface area contributed by atoms with E-state index < -0.39 is 0 Å². The monoisotopic (exact) mass is 199 g/mol. The molecule has 0 heterocycles. The number of hydrogen-bond donors (Lipinski definition) is 0. The summed E-state index contributed by atoms with van der Waals surface area (Å²) in [4.78, 5) is 9.93. The number of hydrogen-bond acceptors (Lipinski definition) is 2. The first-order chi connectivity index (χ1) is 6.15. The maximum Gasteiger partial charge on any atom is 0.129 e. The van der Waals surface area contributed by atoms with Gasteiger partial charge in [0.25, 0.3) is 0 Å². The lowest BCUT2D eigenvalue weighted by molar-refractivity contribution is 0.611. The van der Waals surface area contributed by atoms with Gasteiger partial charge in [0.2, 0.25) is 0 Å². The van der Waals surface area contributed by atoms with E-state index in [1.807, 2.05) is 6.07 Å². The zero-order valence-electron chi connectivity index (χ0n) is 7.62. The van der Waals surface area contributed by atoms with Crippen molar-refractivity contribution in [2.45, 2.75) is 6.54 Å². The van der Waals surface area contributed by atoms with Crippen LogP contribution in [0.4, 0.5) is 4.39 Å². The van der Waals surface area contributed by atoms with Crippen LogP contribution >= 0.6 is 7.92 Å². The molecule has 0 saturated carbocycles. The highest BCUT2D eigenvalue weighted by Gasteiger charge is 2.05. The molecule has 0 aromatic heterocycles. The Kier molecular flexibility index (Phi) is 3.49. The molecule has 0 atom stereocenters. The lowest BCUT2D eigenvalue weighted by Gasteiger charge is -2.06. The Morgan fingerprint density at radius 3 is 2.62 bits per heavy atom. The van der Waals surface area contributed by atoms with Crippen LogP contribution in [0.25, 0.3) is 0 Å². The van der Waals surface area contributed by atoms with Crippen LogP contribution in [0.5, 0.6) is 0 Å². The molecule has 1 rings (SSSR count). The second-order valence-corrected chi connectivity index (χ2v) is 5.26. The fourth-order valence-electron chi connectivity index (χ4n) is 1.01. The Morgan fingerprint density at radius 2 is 2.15 bits per heavy atom. The molecule has 0 aliphatic rings. The van der Waals surface area contributed by atoms with Crippen molar-refractivity contribution < 1.29 is 4.39 Å². The van der Waals surface area contributed by atoms with Gasteiger partial charge in [-0.05, 0) is 24.7 Å². The van der Waals surface area contributed by atoms with Crippen molar-refractivity contribution in [3.05, 3.63) is 34.5 Å². The molecule has 0 unspecified atom stereocenters. The molecular formula is C9H11FNOP. The summed E-state index contributed by atoms with van der Waals surface area (Å²) < 4.78 is 13.2. The average Bonchev–Trinajstić information content (AvgIpc) is 2.08. The molecule has 1 aromatic rings. The van der Waals surface area contributed by atoms with Crippen LogP contribution < -0.4 is 5.30 Å². The molecule has 0 bridgehead atoms. The fourth-order valence-corrected chi connectivity index (χ4v) is 1.76. The number of rotatable bonds is 3. The molecule has 70 valence electrons. The van der Waals surface area contributed by atoms with Crippen molar-refractivity contribution in [3.63, 3.8) is 0 Å². The van der Waals surface area contributed by atoms with E-state index in [2.05, 4.69) is 18.5 Å². The predicted octanol–water partition coefficient (Wildman–Crippen LogP) is 2.46. The van der Waals surface area contributed by atoms with Gasteiger partial charge in [-0.3, -0.25) is 0 Å². The van der Waals surface area contributed by atoms with Gasteiger partial charge in [0, 0.05) is 5.56 Å². The van der Waals surface area contributed by atoms with E-state index in [1.165, 1.54) is 6.07 Å². The van der Waals surface area contributed by atoms with Crippen LogP contribution in [0.2, 0.25) is 0 Å². The molecule has 0 fully saturated rings. The first-order valence-corrected chi connectivity index (χ1v) is 6.13. The zero-order chi connectivity index (χ0) is 9.84. The molecule has 0 radical (unpaired) electrons. The van der Waals surface area contributed by atoms with Crippen LogP contribution in [0.3, 0.4) is 0 Å². The topological polar surface area (TPSA) is 29.4 Å². The predicted molar refractivity (Wildman–Crippen MR) is 54.3 cm³/mol. The summed E-state index contributed by atoms with van der Waals surface area (Å²) in [5.41, 5.74) is 0.371. The van der Waals surface area contributed by atoms with Gasteiger partial charge in [0.1, 0.15) is 12.4 Å². The standard InChI is InChI=1S/C9H11FNOP/c1-13(2)8-4-3-7(6-11-12)9(10)5-8/h3-5H,6H2,1-2H3. The van der Waals surface area contributed by atoms with Crippen LogP contribution in [0.1, 0.15) is 5.56 Å². The zero-order valence-corrected chi connectivity index (χ0v) is 8.51. The van der Waals surface area contributed by atoms with Crippen molar-refractivity contribution in [2.75, 3.05) is 13.3 Å². The molecule has 13 heavy (non-hydrogen) atoms. The molecule has 0 spiro atoms. The van der Waals surface area contributed by atoms with Gasteiger partial charge >= 0.3 is 0 Å². The normalized spacial score (nSPS) is 10.5. The lowest BCUT2D eigenvalue weighted by Crippen LogP contribution is -2.02. The van der Waals surface area contributed by atoms with Crippen molar-refractivity contribution in [3.8, 4) is 0 Å². The van der Waals surface area contributed by atoms with E-state index in [4.69, 9.17) is 0 Å². The average molecular weight is 199 g/mol. The minimum atomic E-state index is -0.326. The molecule has 1 aromatic carbocycles. The van der Waals surface area contributed by atoms with E-state index in [-0.39, 0.29) is 20.3 Å². The van der Waals surface area contributed by atoms with Gasteiger partial charge in [-0.15, -0.1) is 0 Å². The maximum atomic E-state index is 13.2. The van der Waals surface area contributed by atoms with Crippen molar-refractivity contribution in [2.24, 2.45) is 5.18 Å². The van der Waals surface area contributed by atoms with Crippen molar-refractivity contribution >= 4 is 13.2 Å². The Hall–Kier alpha value is -0.820. The van der Waals surface area contributed by atoms with Crippen LogP contribution in [-0.4, -0.2) is 13.3 Å². The van der Waals surface area contributed by atoms with Crippen molar-refractivity contribution in [1.82, 2.24) is 0 Å². The smallest absolute Gasteiger partial charge is 0.129 e. The molecular weight excluding hydrogens is 188 g/mol. The molecule has 4 heteroatoms. The second-order valence-electron chi connectivity index (χ2n) is 2.96. The van der Waals surface area contributed by atoms with Gasteiger partial charge in [-0.25, -0.2) is 4.39 Å². The summed E-state index contributed by atoms with van der Waals surface area (Å²) in [5, 5.41) is 3.66. The lowest BCUT2D eigenvalue weighted by atomic mass is 10.2. The Morgan fingerprint density at radius 1 is 1.46 bits per heavy atom. The summed E-state index contributed by atoms with van der Waals surface area (Å²) in [6.45, 7) is 4.03. The third-order valence-corrected chi connectivity index (χ3v) is 3.10. The van der Waals surface area contributed by atoms with Gasteiger partial charge in [0.05, 0.1) is 0 Å². The molecule has 0 N–H and O–H groups in total. The minimum absolute atomic E-state index is 0.0858. The van der Waals surface area contributed by atoms with E-state index in [9.17, 15) is 9.30 Å². The number of nitroso groups, excluding NO2 is 1. The highest BCUT2D eigenvalue weighted by atomic mass is 31.1. The summed E-state index contributed by atoms with van der Waals surface area (Å²) in [7, 11) is -0.282. The fraction of sp³-hybridized carbons (Fsp3) is 0.333. The minimum Gasteiger partial charge on any atom is -0.207 e. The molecule has 0 saturated heterocycles. The third-order valence-electron chi connectivity index (χ3n) is 1.79. The van der Waals surface area contributed by atoms with Gasteiger partial charge in [-0.1, -0.05) is 25.2 Å². The van der Waals surface area contributed by atoms with Crippen LogP contribution in [0.15, 0.2) is 23.4 Å². The highest BCUT2D eigenvalue weighted by Crippen LogP contribution is 2.24. The summed E-state index contributed by atoms with van der Waals surface area (Å²) in [5.74, 6) is -0.326. The van der Waals surface area contributed by atoms with E-state index >= 15 is 0 Å². The SMILES string of the molecule is CP(C)c1ccc(CN=O)c(F)c1. The first-order valence-electron chi connectivity index (χ1n) is 3.90. The Labute approximate surface area is 77.9 Å². The summed E-state index contributed by atoms with van der Waals surface area (Å²) in [6.07, 6.45) is 0. The molecule has 2 nitrogen and oxygen atoms in total. The van der Waals surface area contributed by atoms with E-state index in [0.717, 1.165) is 5.30 Å². The highest BCUT2D eigenvalue weighted by molar-refractivity contribution is 7.64. The number of nitrogens with zero attached hydrogens (tertiary/aromatic N) is 1. The Balaban J connectivity index is 2.98. The van der Waals surface area contributed by atoms with Crippen LogP contribution in [-0.2, 0) is 6.54 Å². The summed E-state index contributed by atoms with van der Waals surface area (Å²) >= 11 is 0. The number of halogens is 1. The maximum absolute atomic E-state index is 13.2. The third kappa shape index (κ3) is 2.56. The summed E-state index contributed by atoms with van der Waals surface area (Å²) in [6, 6.07) is 4.98. The first kappa shape index (κ1) is 10.3. The van der Waals surface area contributed by atoms with Gasteiger partial charge in [0.15, 0.2) is 0 Å². The Bertz CT molecular complexity index is 314. The quantitative estimate of drug-likeness (QED) is 0.543.